The van der Waals surface area contributed by atoms with Crippen LogP contribution in [0.2, 0.25) is 5.02 Å². The number of amides is 2. The minimum Gasteiger partial charge on any atom is -0.392 e. The maximum absolute atomic E-state index is 13.6. The first-order valence-electron chi connectivity index (χ1n) is 13.1. The maximum Gasteiger partial charge on any atom is 0.255 e. The molecule has 6 rings (SSSR count). The Kier molecular flexibility index (Phi) is 7.88. The van der Waals surface area contributed by atoms with Crippen molar-refractivity contribution in [2.75, 3.05) is 25.5 Å². The van der Waals surface area contributed by atoms with Gasteiger partial charge in [-0.3, -0.25) is 14.5 Å². The second-order valence-corrected chi connectivity index (χ2v) is 13.8. The van der Waals surface area contributed by atoms with Gasteiger partial charge in [-0.25, -0.2) is 21.6 Å². The first kappa shape index (κ1) is 29.8. The lowest BCUT2D eigenvalue weighted by molar-refractivity contribution is -0.174. The first-order chi connectivity index (χ1) is 19.2. The minimum absolute atomic E-state index is 0.0324. The molecule has 2 amide bonds. The van der Waals surface area contributed by atoms with Crippen LogP contribution in [-0.2, 0) is 14.6 Å². The van der Waals surface area contributed by atoms with Crippen LogP contribution < -0.4 is 10.6 Å². The molecule has 0 spiro atoms. The molecule has 1 aliphatic heterocycles. The fourth-order valence-corrected chi connectivity index (χ4v) is 8.70. The Hall–Kier alpha value is -2.71. The number of carbonyl (C=O) groups is 2. The van der Waals surface area contributed by atoms with E-state index in [9.17, 15) is 41.4 Å². The van der Waals surface area contributed by atoms with Crippen molar-refractivity contribution < 1.29 is 41.4 Å². The molecule has 4 aliphatic rings. The molecule has 9 nitrogen and oxygen atoms in total. The number of hydrogen-bond acceptors (Lipinski definition) is 7. The Morgan fingerprint density at radius 1 is 1.07 bits per heavy atom. The number of sulfone groups is 1. The Morgan fingerprint density at radius 3 is 2.29 bits per heavy atom. The van der Waals surface area contributed by atoms with E-state index in [4.69, 9.17) is 11.6 Å². The minimum atomic E-state index is -4.07. The third-order valence-corrected chi connectivity index (χ3v) is 11.3. The molecule has 2 unspecified atom stereocenters. The lowest BCUT2D eigenvalue weighted by atomic mass is 9.53. The molecule has 4 atom stereocenters. The van der Waals surface area contributed by atoms with Gasteiger partial charge in [-0.15, -0.1) is 0 Å². The van der Waals surface area contributed by atoms with Crippen LogP contribution >= 0.6 is 11.6 Å². The number of anilines is 1. The molecule has 1 heterocycles. The highest BCUT2D eigenvalue weighted by Crippen LogP contribution is 2.55. The number of carbonyl (C=O) groups excluding carboxylic acids is 2. The molecule has 4 fully saturated rings. The molecule has 3 aliphatic carbocycles. The standard InChI is InChI=1S/C27H29ClF3N3O6S/c1-34-11-17(35)10-22(34)26(37)32-12-27(38)14-5-15(27)7-18(6-14)41(39,40)23-4-13(2-3-19(23)28)25(36)33-16-8-20(29)24(31)21(30)9-16/h2-4,8-9,14-15,17-18,22,35,38H,5-7,10-12H2,1H3,(H,32,37)(H,33,36)/t14?,15?,17-,18-,22+,27-/m1/s1. The quantitative estimate of drug-likeness (QED) is 0.352. The predicted molar refractivity (Wildman–Crippen MR) is 143 cm³/mol. The Labute approximate surface area is 239 Å². The maximum atomic E-state index is 13.6. The predicted octanol–water partition coefficient (Wildman–Crippen LogP) is 2.49. The van der Waals surface area contributed by atoms with Crippen molar-refractivity contribution in [2.45, 2.75) is 53.6 Å². The highest BCUT2D eigenvalue weighted by molar-refractivity contribution is 7.92. The van der Waals surface area contributed by atoms with Crippen LogP contribution in [0.3, 0.4) is 0 Å². The average molecular weight is 616 g/mol. The molecule has 41 heavy (non-hydrogen) atoms. The normalized spacial score (nSPS) is 29.6. The summed E-state index contributed by atoms with van der Waals surface area (Å²) in [6.07, 6.45) is 0.533. The van der Waals surface area contributed by atoms with Gasteiger partial charge in [-0.05, 0) is 62.8 Å². The number of rotatable bonds is 7. The van der Waals surface area contributed by atoms with Gasteiger partial charge < -0.3 is 20.8 Å². The van der Waals surface area contributed by atoms with E-state index in [2.05, 4.69) is 10.6 Å². The third kappa shape index (κ3) is 5.45. The number of nitrogens with zero attached hydrogens (tertiary/aromatic N) is 1. The molecule has 222 valence electrons. The summed E-state index contributed by atoms with van der Waals surface area (Å²) >= 11 is 6.23. The van der Waals surface area contributed by atoms with Gasteiger partial charge >= 0.3 is 0 Å². The molecule has 4 N–H and O–H groups in total. The van der Waals surface area contributed by atoms with E-state index >= 15 is 0 Å². The SMILES string of the molecule is CN1C[C@H](O)C[C@H]1C(=O)NC[C@]1(O)C2CC1C[C@@H](S(=O)(=O)c1cc(C(=O)Nc3cc(F)c(F)c(F)c3)ccc1Cl)C2. The molecule has 2 aromatic carbocycles. The van der Waals surface area contributed by atoms with Gasteiger partial charge in [0.25, 0.3) is 5.91 Å². The van der Waals surface area contributed by atoms with Gasteiger partial charge in [0.05, 0.1) is 32.9 Å². The molecular weight excluding hydrogens is 587 g/mol. The number of aliphatic hydroxyl groups excluding tert-OH is 1. The van der Waals surface area contributed by atoms with Gasteiger partial charge in [0, 0.05) is 36.5 Å². The van der Waals surface area contributed by atoms with Gasteiger partial charge in [0.2, 0.25) is 5.91 Å². The highest BCUT2D eigenvalue weighted by atomic mass is 35.5. The van der Waals surface area contributed by atoms with Crippen molar-refractivity contribution in [3.8, 4) is 0 Å². The second kappa shape index (κ2) is 10.8. The van der Waals surface area contributed by atoms with Crippen molar-refractivity contribution in [3.63, 3.8) is 0 Å². The van der Waals surface area contributed by atoms with E-state index in [0.29, 0.717) is 31.5 Å². The number of likely N-dealkylation sites (tertiary alicyclic amines) is 1. The summed E-state index contributed by atoms with van der Waals surface area (Å²) in [6, 6.07) is 4.22. The van der Waals surface area contributed by atoms with E-state index in [1.165, 1.54) is 12.1 Å². The number of halogens is 4. The fourth-order valence-electron chi connectivity index (χ4n) is 6.30. The van der Waals surface area contributed by atoms with Gasteiger partial charge in [0.1, 0.15) is 0 Å². The van der Waals surface area contributed by atoms with Crippen LogP contribution in [0.15, 0.2) is 35.2 Å². The van der Waals surface area contributed by atoms with Crippen molar-refractivity contribution in [1.29, 1.82) is 0 Å². The summed E-state index contributed by atoms with van der Waals surface area (Å²) in [5.41, 5.74) is -1.77. The number of nitrogens with one attached hydrogen (secondary N) is 2. The molecule has 2 bridgehead atoms. The second-order valence-electron chi connectivity index (χ2n) is 11.2. The molecule has 14 heteroatoms. The monoisotopic (exact) mass is 615 g/mol. The van der Waals surface area contributed by atoms with Crippen LogP contribution in [-0.4, -0.2) is 78.5 Å². The summed E-state index contributed by atoms with van der Waals surface area (Å²) < 4.78 is 67.5. The fraction of sp³-hybridized carbons (Fsp3) is 0.481. The summed E-state index contributed by atoms with van der Waals surface area (Å²) in [4.78, 5) is 26.8. The van der Waals surface area contributed by atoms with Crippen molar-refractivity contribution >= 4 is 38.9 Å². The van der Waals surface area contributed by atoms with Crippen LogP contribution in [0, 0.1) is 29.3 Å². The molecule has 2 aromatic rings. The number of aliphatic hydroxyl groups is 2. The Balaban J connectivity index is 1.27. The summed E-state index contributed by atoms with van der Waals surface area (Å²) in [5, 5.41) is 25.1. The van der Waals surface area contributed by atoms with Gasteiger partial charge in [0.15, 0.2) is 27.3 Å². The van der Waals surface area contributed by atoms with Crippen LogP contribution in [0.4, 0.5) is 18.9 Å². The van der Waals surface area contributed by atoms with Crippen molar-refractivity contribution in [1.82, 2.24) is 10.2 Å². The van der Waals surface area contributed by atoms with Crippen molar-refractivity contribution in [3.05, 3.63) is 58.4 Å². The zero-order valence-corrected chi connectivity index (χ0v) is 23.5. The van der Waals surface area contributed by atoms with E-state index < -0.39 is 56.2 Å². The molecule has 1 saturated heterocycles. The van der Waals surface area contributed by atoms with E-state index in [1.54, 1.807) is 11.9 Å². The van der Waals surface area contributed by atoms with Gasteiger partial charge in [-0.2, -0.15) is 0 Å². The zero-order valence-electron chi connectivity index (χ0n) is 21.9. The van der Waals surface area contributed by atoms with Crippen LogP contribution in [0.5, 0.6) is 0 Å². The van der Waals surface area contributed by atoms with Crippen molar-refractivity contribution in [2.24, 2.45) is 11.8 Å². The Morgan fingerprint density at radius 2 is 1.71 bits per heavy atom. The van der Waals surface area contributed by atoms with Crippen LogP contribution in [0.25, 0.3) is 0 Å². The summed E-state index contributed by atoms with van der Waals surface area (Å²) in [7, 11) is -2.33. The van der Waals surface area contributed by atoms with E-state index in [0.717, 1.165) is 6.07 Å². The summed E-state index contributed by atoms with van der Waals surface area (Å²) in [5.74, 6) is -6.66. The molecule has 3 saturated carbocycles. The smallest absolute Gasteiger partial charge is 0.255 e. The number of likely N-dealkylation sites (N-methyl/N-ethyl adjacent to an activating group) is 1. The van der Waals surface area contributed by atoms with E-state index in [-0.39, 0.29) is 58.3 Å². The molecule has 0 radical (unpaired) electrons. The average Bonchev–Trinajstić information content (AvgIpc) is 3.27. The number of hydrogen-bond donors (Lipinski definition) is 4. The number of benzene rings is 2. The lowest BCUT2D eigenvalue weighted by Gasteiger charge is -2.58. The Bertz CT molecular complexity index is 1470. The molecule has 0 aromatic heterocycles. The summed E-state index contributed by atoms with van der Waals surface area (Å²) in [6.45, 7) is 0.345. The lowest BCUT2D eigenvalue weighted by Crippen LogP contribution is -2.66. The molecular formula is C27H29ClF3N3O6S. The van der Waals surface area contributed by atoms with Crippen LogP contribution in [0.1, 0.15) is 36.0 Å². The third-order valence-electron chi connectivity index (χ3n) is 8.63. The van der Waals surface area contributed by atoms with E-state index in [1.807, 2.05) is 0 Å². The highest BCUT2D eigenvalue weighted by Gasteiger charge is 2.60. The van der Waals surface area contributed by atoms with Gasteiger partial charge in [-0.1, -0.05) is 11.6 Å². The first-order valence-corrected chi connectivity index (χ1v) is 15.0. The number of fused-ring (bicyclic) bond motifs is 2. The zero-order chi connectivity index (χ0) is 29.9. The number of β-amino-alcohol motifs (C(OH)–C–C–N with tert-alkyl or cyclic N) is 1. The largest absolute Gasteiger partial charge is 0.392 e. The topological polar surface area (TPSA) is 136 Å².